The van der Waals surface area contributed by atoms with Gasteiger partial charge in [0.2, 0.25) is 0 Å². The molecule has 1 aliphatic carbocycles. The van der Waals surface area contributed by atoms with E-state index in [1.807, 2.05) is 0 Å². The summed E-state index contributed by atoms with van der Waals surface area (Å²) >= 11 is 0. The van der Waals surface area contributed by atoms with Gasteiger partial charge >= 0.3 is 0 Å². The molecule has 1 rings (SSSR count). The zero-order valence-corrected chi connectivity index (χ0v) is 16.9. The normalized spacial score (nSPS) is 21.4. The monoisotopic (exact) mass is 366 g/mol. The zero-order chi connectivity index (χ0) is 19.1. The van der Waals surface area contributed by atoms with Crippen molar-refractivity contribution in [1.29, 1.82) is 0 Å². The molecule has 3 N–H and O–H groups in total. The summed E-state index contributed by atoms with van der Waals surface area (Å²) in [6.07, 6.45) is 25.7. The molecule has 0 unspecified atom stereocenters. The fourth-order valence-electron chi connectivity index (χ4n) is 3.90. The molecule has 3 nitrogen and oxygen atoms in total. The van der Waals surface area contributed by atoms with Crippen LogP contribution < -0.4 is 0 Å². The molecule has 0 aliphatic heterocycles. The third-order valence-electron chi connectivity index (χ3n) is 5.63. The Morgan fingerprint density at radius 3 is 2.38 bits per heavy atom. The molecule has 1 saturated carbocycles. The van der Waals surface area contributed by atoms with E-state index in [-0.39, 0.29) is 6.42 Å². The average Bonchev–Trinajstić information content (AvgIpc) is 3.07. The smallest absolute Gasteiger partial charge is 0.186 e. The predicted octanol–water partition coefficient (Wildman–Crippen LogP) is 5.50. The molecule has 0 radical (unpaired) electrons. The highest BCUT2D eigenvalue weighted by molar-refractivity contribution is 4.97. The first-order chi connectivity index (χ1) is 12.6. The van der Waals surface area contributed by atoms with Gasteiger partial charge in [0.15, 0.2) is 5.79 Å². The number of aliphatic hydroxyl groups excluding tert-OH is 1. The highest BCUT2D eigenvalue weighted by atomic mass is 16.5. The number of rotatable bonds is 15. The molecule has 0 aromatic heterocycles. The Balaban J connectivity index is 2.12. The van der Waals surface area contributed by atoms with Crippen LogP contribution in [0.3, 0.4) is 0 Å². The van der Waals surface area contributed by atoms with Gasteiger partial charge in [0.25, 0.3) is 0 Å². The number of allylic oxidation sites excluding steroid dienone is 4. The third-order valence-corrected chi connectivity index (χ3v) is 5.63. The van der Waals surface area contributed by atoms with Crippen molar-refractivity contribution in [2.75, 3.05) is 6.61 Å². The Morgan fingerprint density at radius 2 is 1.62 bits per heavy atom. The van der Waals surface area contributed by atoms with Crippen LogP contribution in [0.4, 0.5) is 0 Å². The predicted molar refractivity (Wildman–Crippen MR) is 110 cm³/mol. The number of unbranched alkanes of at least 4 members (excludes halogenated alkanes) is 7. The van der Waals surface area contributed by atoms with Gasteiger partial charge in [-0.1, -0.05) is 69.8 Å². The van der Waals surface area contributed by atoms with Crippen molar-refractivity contribution in [2.45, 2.75) is 103 Å². The van der Waals surface area contributed by atoms with E-state index < -0.39 is 12.4 Å². The van der Waals surface area contributed by atoms with Crippen molar-refractivity contribution in [2.24, 2.45) is 11.8 Å². The standard InChI is InChI=1S/C23H42O3/c1-2-3-4-5-6-7-8-11-15-21-17-14-18-22(21)16-12-9-10-13-19-23(25,26)20-24/h9,11-12,15,21-22,24-26H,2-8,10,13-14,16-20H2,1H3/t21-,22-/m0/s1. The van der Waals surface area contributed by atoms with Gasteiger partial charge in [-0.2, -0.15) is 0 Å². The van der Waals surface area contributed by atoms with E-state index >= 15 is 0 Å². The molecule has 0 bridgehead atoms. The van der Waals surface area contributed by atoms with Crippen LogP contribution >= 0.6 is 0 Å². The fraction of sp³-hybridized carbons (Fsp3) is 0.826. The average molecular weight is 367 g/mol. The van der Waals surface area contributed by atoms with E-state index in [0.717, 1.165) is 24.7 Å². The topological polar surface area (TPSA) is 60.7 Å². The molecule has 0 saturated heterocycles. The van der Waals surface area contributed by atoms with Crippen LogP contribution in [0.15, 0.2) is 24.3 Å². The van der Waals surface area contributed by atoms with E-state index in [2.05, 4.69) is 31.2 Å². The van der Waals surface area contributed by atoms with Gasteiger partial charge in [0, 0.05) is 6.42 Å². The van der Waals surface area contributed by atoms with Gasteiger partial charge in [-0.3, -0.25) is 0 Å². The Labute approximate surface area is 161 Å². The maximum absolute atomic E-state index is 9.34. The van der Waals surface area contributed by atoms with Gasteiger partial charge in [0.05, 0.1) is 6.61 Å². The quantitative estimate of drug-likeness (QED) is 0.204. The molecule has 1 fully saturated rings. The molecule has 1 aliphatic rings. The van der Waals surface area contributed by atoms with Gasteiger partial charge in [-0.25, -0.2) is 0 Å². The largest absolute Gasteiger partial charge is 0.391 e. The SMILES string of the molecule is CCCCCCCCC=C[C@H]1CCC[C@@H]1CC=CCCCC(O)(O)CO. The first kappa shape index (κ1) is 23.4. The molecule has 0 heterocycles. The number of hydrogen-bond donors (Lipinski definition) is 3. The Morgan fingerprint density at radius 1 is 0.885 bits per heavy atom. The molecule has 26 heavy (non-hydrogen) atoms. The molecule has 0 aromatic rings. The van der Waals surface area contributed by atoms with Crippen molar-refractivity contribution in [3.8, 4) is 0 Å². The molecule has 0 spiro atoms. The molecule has 0 aromatic carbocycles. The Hall–Kier alpha value is -0.640. The molecule has 2 atom stereocenters. The van der Waals surface area contributed by atoms with Crippen molar-refractivity contribution in [3.05, 3.63) is 24.3 Å². The van der Waals surface area contributed by atoms with Crippen LogP contribution in [-0.2, 0) is 0 Å². The van der Waals surface area contributed by atoms with E-state index in [1.54, 1.807) is 0 Å². The first-order valence-corrected chi connectivity index (χ1v) is 11.0. The zero-order valence-electron chi connectivity index (χ0n) is 16.9. The van der Waals surface area contributed by atoms with Gasteiger partial charge in [-0.05, 0) is 56.8 Å². The van der Waals surface area contributed by atoms with Crippen molar-refractivity contribution >= 4 is 0 Å². The number of aliphatic hydroxyl groups is 3. The summed E-state index contributed by atoms with van der Waals surface area (Å²) in [4.78, 5) is 0. The number of hydrogen-bond acceptors (Lipinski definition) is 3. The second kappa shape index (κ2) is 14.4. The molecule has 3 heteroatoms. The summed E-state index contributed by atoms with van der Waals surface area (Å²) in [7, 11) is 0. The highest BCUT2D eigenvalue weighted by Gasteiger charge is 2.23. The Kier molecular flexibility index (Phi) is 13.0. The summed E-state index contributed by atoms with van der Waals surface area (Å²) in [5.41, 5.74) is 0. The van der Waals surface area contributed by atoms with Crippen LogP contribution in [0.5, 0.6) is 0 Å². The van der Waals surface area contributed by atoms with Crippen molar-refractivity contribution in [1.82, 2.24) is 0 Å². The van der Waals surface area contributed by atoms with E-state index in [9.17, 15) is 10.2 Å². The molecule has 0 amide bonds. The van der Waals surface area contributed by atoms with E-state index in [0.29, 0.717) is 6.42 Å². The minimum absolute atomic E-state index is 0.223. The van der Waals surface area contributed by atoms with Crippen LogP contribution in [0, 0.1) is 11.8 Å². The lowest BCUT2D eigenvalue weighted by Gasteiger charge is -2.17. The van der Waals surface area contributed by atoms with E-state index in [4.69, 9.17) is 5.11 Å². The summed E-state index contributed by atoms with van der Waals surface area (Å²) < 4.78 is 0. The van der Waals surface area contributed by atoms with Gasteiger partial charge in [0.1, 0.15) is 0 Å². The van der Waals surface area contributed by atoms with E-state index in [1.165, 1.54) is 64.2 Å². The summed E-state index contributed by atoms with van der Waals surface area (Å²) in [5, 5.41) is 27.5. The van der Waals surface area contributed by atoms with Crippen molar-refractivity contribution < 1.29 is 15.3 Å². The lowest BCUT2D eigenvalue weighted by Crippen LogP contribution is -2.32. The maximum Gasteiger partial charge on any atom is 0.186 e. The van der Waals surface area contributed by atoms with Gasteiger partial charge < -0.3 is 15.3 Å². The summed E-state index contributed by atoms with van der Waals surface area (Å²) in [6.45, 7) is 1.67. The molecular weight excluding hydrogens is 324 g/mol. The van der Waals surface area contributed by atoms with Gasteiger partial charge in [-0.15, -0.1) is 0 Å². The lowest BCUT2D eigenvalue weighted by molar-refractivity contribution is -0.191. The molecule has 152 valence electrons. The van der Waals surface area contributed by atoms with Crippen LogP contribution in [0.1, 0.15) is 96.8 Å². The second-order valence-electron chi connectivity index (χ2n) is 8.08. The fourth-order valence-corrected chi connectivity index (χ4v) is 3.90. The van der Waals surface area contributed by atoms with Crippen LogP contribution in [-0.4, -0.2) is 27.7 Å². The third kappa shape index (κ3) is 11.2. The maximum atomic E-state index is 9.34. The minimum Gasteiger partial charge on any atom is -0.391 e. The minimum atomic E-state index is -1.91. The summed E-state index contributed by atoms with van der Waals surface area (Å²) in [5.74, 6) is -0.388. The first-order valence-electron chi connectivity index (χ1n) is 11.0. The highest BCUT2D eigenvalue weighted by Crippen LogP contribution is 2.35. The Bertz CT molecular complexity index is 387. The molecular formula is C23H42O3. The van der Waals surface area contributed by atoms with Crippen LogP contribution in [0.25, 0.3) is 0 Å². The second-order valence-corrected chi connectivity index (χ2v) is 8.08. The summed E-state index contributed by atoms with van der Waals surface area (Å²) in [6, 6.07) is 0. The van der Waals surface area contributed by atoms with Crippen LogP contribution in [0.2, 0.25) is 0 Å². The lowest BCUT2D eigenvalue weighted by atomic mass is 9.92. The van der Waals surface area contributed by atoms with Crippen molar-refractivity contribution in [3.63, 3.8) is 0 Å².